The third-order valence-electron chi connectivity index (χ3n) is 3.26. The van der Waals surface area contributed by atoms with E-state index in [1.54, 1.807) is 0 Å². The number of rotatable bonds is 4. The maximum atomic E-state index is 13.3. The average molecular weight is 221 g/mol. The number of ether oxygens (including phenoxy) is 2. The molecule has 1 saturated heterocycles. The quantitative estimate of drug-likeness (QED) is 0.706. The fraction of sp³-hybridized carbons (Fsp3) is 1.00. The molecule has 1 heterocycles. The number of methoxy groups -OCH3 is 1. The lowest BCUT2D eigenvalue weighted by molar-refractivity contribution is -0.0196. The van der Waals surface area contributed by atoms with Crippen molar-refractivity contribution in [2.75, 3.05) is 46.6 Å². The minimum Gasteiger partial charge on any atom is -0.384 e. The molecule has 0 aromatic rings. The molecule has 1 saturated carbocycles. The van der Waals surface area contributed by atoms with Crippen molar-refractivity contribution < 1.29 is 18.3 Å². The molecule has 0 amide bonds. The highest BCUT2D eigenvalue weighted by Crippen LogP contribution is 2.60. The zero-order valence-corrected chi connectivity index (χ0v) is 8.97. The second-order valence-corrected chi connectivity index (χ2v) is 4.48. The summed E-state index contributed by atoms with van der Waals surface area (Å²) in [5.41, 5.74) is -0.931. The Bertz CT molecular complexity index is 231. The first-order valence-corrected chi connectivity index (χ1v) is 5.27. The fourth-order valence-corrected chi connectivity index (χ4v) is 2.22. The third kappa shape index (κ3) is 2.14. The summed E-state index contributed by atoms with van der Waals surface area (Å²) < 4.78 is 36.6. The van der Waals surface area contributed by atoms with Crippen molar-refractivity contribution in [3.63, 3.8) is 0 Å². The van der Waals surface area contributed by atoms with Crippen LogP contribution in [0.2, 0.25) is 0 Å². The Morgan fingerprint density at radius 1 is 1.33 bits per heavy atom. The maximum absolute atomic E-state index is 13.3. The van der Waals surface area contributed by atoms with Gasteiger partial charge < -0.3 is 9.47 Å². The van der Waals surface area contributed by atoms with Crippen LogP contribution in [0.25, 0.3) is 0 Å². The zero-order chi connectivity index (χ0) is 10.9. The van der Waals surface area contributed by atoms with E-state index < -0.39 is 11.3 Å². The van der Waals surface area contributed by atoms with E-state index in [0.717, 1.165) is 13.1 Å². The number of morpholine rings is 1. The van der Waals surface area contributed by atoms with Crippen LogP contribution in [-0.2, 0) is 9.47 Å². The van der Waals surface area contributed by atoms with Gasteiger partial charge in [-0.1, -0.05) is 0 Å². The van der Waals surface area contributed by atoms with Crippen LogP contribution in [0, 0.1) is 5.41 Å². The Labute approximate surface area is 88.3 Å². The standard InChI is InChI=1S/C10H17F2NO2/c1-14-8-9(6-10(9,11)12)7-13-2-4-15-5-3-13/h2-8H2,1H3. The first-order chi connectivity index (χ1) is 7.10. The second-order valence-electron chi connectivity index (χ2n) is 4.48. The van der Waals surface area contributed by atoms with Crippen LogP contribution >= 0.6 is 0 Å². The van der Waals surface area contributed by atoms with Crippen molar-refractivity contribution in [1.82, 2.24) is 4.90 Å². The van der Waals surface area contributed by atoms with Gasteiger partial charge in [-0.15, -0.1) is 0 Å². The van der Waals surface area contributed by atoms with Crippen LogP contribution in [0.3, 0.4) is 0 Å². The molecule has 1 unspecified atom stereocenters. The summed E-state index contributed by atoms with van der Waals surface area (Å²) in [7, 11) is 1.48. The van der Waals surface area contributed by atoms with Gasteiger partial charge in [-0.05, 0) is 0 Å². The van der Waals surface area contributed by atoms with Crippen LogP contribution in [0.4, 0.5) is 8.78 Å². The lowest BCUT2D eigenvalue weighted by Crippen LogP contribution is -2.42. The predicted molar refractivity (Wildman–Crippen MR) is 51.1 cm³/mol. The largest absolute Gasteiger partial charge is 0.384 e. The number of hydrogen-bond donors (Lipinski definition) is 0. The fourth-order valence-electron chi connectivity index (χ4n) is 2.22. The van der Waals surface area contributed by atoms with Crippen molar-refractivity contribution in [2.24, 2.45) is 5.41 Å². The van der Waals surface area contributed by atoms with E-state index in [0.29, 0.717) is 19.8 Å². The van der Waals surface area contributed by atoms with Gasteiger partial charge in [-0.3, -0.25) is 4.90 Å². The minimum absolute atomic E-state index is 0.0365. The van der Waals surface area contributed by atoms with Crippen LogP contribution in [0.1, 0.15) is 6.42 Å². The lowest BCUT2D eigenvalue weighted by Gasteiger charge is -2.30. The first kappa shape index (κ1) is 11.2. The molecule has 88 valence electrons. The van der Waals surface area contributed by atoms with E-state index in [1.165, 1.54) is 7.11 Å². The van der Waals surface area contributed by atoms with Crippen molar-refractivity contribution in [2.45, 2.75) is 12.3 Å². The van der Waals surface area contributed by atoms with Crippen molar-refractivity contribution in [1.29, 1.82) is 0 Å². The van der Waals surface area contributed by atoms with Crippen LogP contribution in [0.5, 0.6) is 0 Å². The van der Waals surface area contributed by atoms with Crippen molar-refractivity contribution in [3.05, 3.63) is 0 Å². The number of alkyl halides is 2. The molecule has 2 aliphatic rings. The highest BCUT2D eigenvalue weighted by molar-refractivity contribution is 5.11. The highest BCUT2D eigenvalue weighted by Gasteiger charge is 2.71. The summed E-state index contributed by atoms with van der Waals surface area (Å²) in [6, 6.07) is 0. The lowest BCUT2D eigenvalue weighted by atomic mass is 10.1. The Morgan fingerprint density at radius 3 is 2.40 bits per heavy atom. The van der Waals surface area contributed by atoms with E-state index in [-0.39, 0.29) is 13.0 Å². The Balaban J connectivity index is 1.90. The molecule has 2 rings (SSSR count). The molecular weight excluding hydrogens is 204 g/mol. The maximum Gasteiger partial charge on any atom is 0.258 e. The summed E-state index contributed by atoms with van der Waals surface area (Å²) >= 11 is 0. The minimum atomic E-state index is -2.54. The predicted octanol–water partition coefficient (Wildman–Crippen LogP) is 0.990. The molecule has 5 heteroatoms. The Kier molecular flexibility index (Phi) is 2.96. The van der Waals surface area contributed by atoms with E-state index in [4.69, 9.17) is 9.47 Å². The summed E-state index contributed by atoms with van der Waals surface area (Å²) in [5, 5.41) is 0. The molecule has 0 aromatic heterocycles. The van der Waals surface area contributed by atoms with Crippen molar-refractivity contribution >= 4 is 0 Å². The molecule has 0 spiro atoms. The molecular formula is C10H17F2NO2. The average Bonchev–Trinajstić information content (AvgIpc) is 2.69. The highest BCUT2D eigenvalue weighted by atomic mass is 19.3. The van der Waals surface area contributed by atoms with E-state index >= 15 is 0 Å². The third-order valence-corrected chi connectivity index (χ3v) is 3.26. The molecule has 1 aliphatic carbocycles. The molecule has 0 N–H and O–H groups in total. The number of hydrogen-bond acceptors (Lipinski definition) is 3. The van der Waals surface area contributed by atoms with Crippen LogP contribution in [-0.4, -0.2) is 57.4 Å². The Morgan fingerprint density at radius 2 is 1.93 bits per heavy atom. The van der Waals surface area contributed by atoms with Gasteiger partial charge in [0.2, 0.25) is 0 Å². The zero-order valence-electron chi connectivity index (χ0n) is 8.97. The van der Waals surface area contributed by atoms with Crippen LogP contribution < -0.4 is 0 Å². The molecule has 0 radical (unpaired) electrons. The summed E-state index contributed by atoms with van der Waals surface area (Å²) in [6.45, 7) is 3.38. The van der Waals surface area contributed by atoms with Gasteiger partial charge in [0, 0.05) is 33.2 Å². The number of halogens is 2. The normalized spacial score (nSPS) is 35.4. The number of nitrogens with zero attached hydrogens (tertiary/aromatic N) is 1. The molecule has 1 atom stereocenters. The van der Waals surface area contributed by atoms with E-state index in [9.17, 15) is 8.78 Å². The van der Waals surface area contributed by atoms with Gasteiger partial charge in [0.15, 0.2) is 0 Å². The van der Waals surface area contributed by atoms with E-state index in [1.807, 2.05) is 4.90 Å². The van der Waals surface area contributed by atoms with Crippen molar-refractivity contribution in [3.8, 4) is 0 Å². The SMILES string of the molecule is COCC1(CN2CCOCC2)CC1(F)F. The van der Waals surface area contributed by atoms with Gasteiger partial charge in [-0.25, -0.2) is 8.78 Å². The first-order valence-electron chi connectivity index (χ1n) is 5.27. The van der Waals surface area contributed by atoms with Gasteiger partial charge in [-0.2, -0.15) is 0 Å². The molecule has 0 bridgehead atoms. The smallest absolute Gasteiger partial charge is 0.258 e. The van der Waals surface area contributed by atoms with E-state index in [2.05, 4.69) is 0 Å². The van der Waals surface area contributed by atoms with Gasteiger partial charge in [0.1, 0.15) is 0 Å². The van der Waals surface area contributed by atoms with Gasteiger partial charge in [0.25, 0.3) is 5.92 Å². The summed E-state index contributed by atoms with van der Waals surface area (Å²) in [6.07, 6.45) is -0.0365. The Hall–Kier alpha value is -0.260. The van der Waals surface area contributed by atoms with Crippen LogP contribution in [0.15, 0.2) is 0 Å². The summed E-state index contributed by atoms with van der Waals surface area (Å²) in [4.78, 5) is 2.05. The molecule has 15 heavy (non-hydrogen) atoms. The molecule has 3 nitrogen and oxygen atoms in total. The molecule has 1 aliphatic heterocycles. The van der Waals surface area contributed by atoms with Gasteiger partial charge >= 0.3 is 0 Å². The topological polar surface area (TPSA) is 21.7 Å². The molecule has 2 fully saturated rings. The second kappa shape index (κ2) is 3.96. The van der Waals surface area contributed by atoms with Gasteiger partial charge in [0.05, 0.1) is 25.2 Å². The summed E-state index contributed by atoms with van der Waals surface area (Å²) in [5.74, 6) is -2.54. The monoisotopic (exact) mass is 221 g/mol. The molecule has 0 aromatic carbocycles.